The van der Waals surface area contributed by atoms with E-state index in [-0.39, 0.29) is 37.3 Å². The first kappa shape index (κ1) is 16.4. The van der Waals surface area contributed by atoms with Crippen molar-refractivity contribution >= 4 is 11.8 Å². The van der Waals surface area contributed by atoms with E-state index in [1.54, 1.807) is 17.3 Å². The second-order valence-corrected chi connectivity index (χ2v) is 5.59. The summed E-state index contributed by atoms with van der Waals surface area (Å²) >= 11 is 0. The van der Waals surface area contributed by atoms with Crippen molar-refractivity contribution in [1.82, 2.24) is 15.2 Å². The van der Waals surface area contributed by atoms with Gasteiger partial charge in [0.15, 0.2) is 0 Å². The number of amides is 2. The van der Waals surface area contributed by atoms with Gasteiger partial charge in [-0.1, -0.05) is 12.5 Å². The molecule has 0 saturated carbocycles. The lowest BCUT2D eigenvalue weighted by Gasteiger charge is -2.24. The minimum Gasteiger partial charge on any atom is -0.395 e. The summed E-state index contributed by atoms with van der Waals surface area (Å²) in [4.78, 5) is 30.1. The van der Waals surface area contributed by atoms with Gasteiger partial charge in [0.05, 0.1) is 6.61 Å². The summed E-state index contributed by atoms with van der Waals surface area (Å²) in [5.74, 6) is -0.388. The predicted octanol–water partition coefficient (Wildman–Crippen LogP) is 0.709. The smallest absolute Gasteiger partial charge is 0.223 e. The third-order valence-corrected chi connectivity index (χ3v) is 3.89. The zero-order chi connectivity index (χ0) is 15.8. The molecule has 6 nitrogen and oxygen atoms in total. The van der Waals surface area contributed by atoms with Gasteiger partial charge in [-0.05, 0) is 24.5 Å². The van der Waals surface area contributed by atoms with Gasteiger partial charge in [0.2, 0.25) is 11.8 Å². The Morgan fingerprint density at radius 3 is 3.05 bits per heavy atom. The van der Waals surface area contributed by atoms with E-state index in [4.69, 9.17) is 0 Å². The van der Waals surface area contributed by atoms with Crippen molar-refractivity contribution in [2.24, 2.45) is 5.92 Å². The summed E-state index contributed by atoms with van der Waals surface area (Å²) in [6, 6.07) is 3.71. The fraction of sp³-hybridized carbons (Fsp3) is 0.562. The molecule has 0 radical (unpaired) electrons. The number of nitrogens with one attached hydrogen (secondary N) is 1. The molecule has 0 bridgehead atoms. The van der Waals surface area contributed by atoms with Gasteiger partial charge in [-0.2, -0.15) is 0 Å². The van der Waals surface area contributed by atoms with E-state index in [2.05, 4.69) is 10.3 Å². The predicted molar refractivity (Wildman–Crippen MR) is 81.7 cm³/mol. The van der Waals surface area contributed by atoms with Crippen LogP contribution in [-0.2, 0) is 16.1 Å². The van der Waals surface area contributed by atoms with Crippen molar-refractivity contribution in [1.29, 1.82) is 0 Å². The quantitative estimate of drug-likeness (QED) is 0.811. The van der Waals surface area contributed by atoms with Gasteiger partial charge in [0, 0.05) is 44.4 Å². The number of aromatic nitrogens is 1. The number of aliphatic hydroxyl groups excluding tert-OH is 1. The summed E-state index contributed by atoms with van der Waals surface area (Å²) in [5.41, 5.74) is 0.912. The molecule has 6 heteroatoms. The summed E-state index contributed by atoms with van der Waals surface area (Å²) in [6.45, 7) is 1.27. The molecule has 2 rings (SSSR count). The fourth-order valence-corrected chi connectivity index (χ4v) is 2.66. The van der Waals surface area contributed by atoms with Crippen LogP contribution < -0.4 is 5.32 Å². The Kier molecular flexibility index (Phi) is 6.33. The van der Waals surface area contributed by atoms with Crippen LogP contribution in [0, 0.1) is 5.92 Å². The highest BCUT2D eigenvalue weighted by molar-refractivity contribution is 5.86. The molecule has 1 aromatic heterocycles. The second-order valence-electron chi connectivity index (χ2n) is 5.59. The Bertz CT molecular complexity index is 493. The van der Waals surface area contributed by atoms with E-state index < -0.39 is 0 Å². The maximum atomic E-state index is 12.5. The van der Waals surface area contributed by atoms with Gasteiger partial charge in [0.1, 0.15) is 0 Å². The van der Waals surface area contributed by atoms with Crippen LogP contribution in [0.15, 0.2) is 24.5 Å². The molecule has 22 heavy (non-hydrogen) atoms. The molecule has 0 aromatic carbocycles. The normalized spacial score (nSPS) is 18.4. The Balaban J connectivity index is 1.98. The standard InChI is InChI=1S/C16H23N3O3/c20-9-8-19(12-13-4-3-6-17-11-13)15(21)10-14-5-1-2-7-18-16(14)22/h3-4,6,11,14,20H,1-2,5,7-10,12H2,(H,18,22). The number of aliphatic hydroxyl groups is 1. The first-order valence-corrected chi connectivity index (χ1v) is 7.76. The van der Waals surface area contributed by atoms with Gasteiger partial charge in [-0.3, -0.25) is 14.6 Å². The summed E-state index contributed by atoms with van der Waals surface area (Å²) in [6.07, 6.45) is 6.25. The average Bonchev–Trinajstić information content (AvgIpc) is 2.73. The zero-order valence-electron chi connectivity index (χ0n) is 12.7. The number of hydrogen-bond donors (Lipinski definition) is 2. The highest BCUT2D eigenvalue weighted by atomic mass is 16.3. The molecular weight excluding hydrogens is 282 g/mol. The molecule has 1 unspecified atom stereocenters. The molecule has 2 heterocycles. The monoisotopic (exact) mass is 305 g/mol. The van der Waals surface area contributed by atoms with Crippen molar-refractivity contribution in [3.8, 4) is 0 Å². The van der Waals surface area contributed by atoms with Crippen LogP contribution in [0.2, 0.25) is 0 Å². The van der Waals surface area contributed by atoms with Crippen LogP contribution in [0.4, 0.5) is 0 Å². The minimum atomic E-state index is -0.259. The van der Waals surface area contributed by atoms with E-state index in [9.17, 15) is 14.7 Å². The van der Waals surface area contributed by atoms with Crippen LogP contribution in [0.1, 0.15) is 31.2 Å². The van der Waals surface area contributed by atoms with Crippen LogP contribution >= 0.6 is 0 Å². The first-order valence-electron chi connectivity index (χ1n) is 7.76. The lowest BCUT2D eigenvalue weighted by Crippen LogP contribution is -2.37. The van der Waals surface area contributed by atoms with E-state index in [0.29, 0.717) is 13.1 Å². The highest BCUT2D eigenvalue weighted by Gasteiger charge is 2.25. The van der Waals surface area contributed by atoms with Crippen molar-refractivity contribution < 1.29 is 14.7 Å². The largest absolute Gasteiger partial charge is 0.395 e. The molecule has 1 aliphatic heterocycles. The lowest BCUT2D eigenvalue weighted by atomic mass is 9.98. The number of rotatable bonds is 6. The van der Waals surface area contributed by atoms with Crippen LogP contribution in [0.5, 0.6) is 0 Å². The molecule has 1 aliphatic rings. The molecule has 1 saturated heterocycles. The number of nitrogens with zero attached hydrogens (tertiary/aromatic N) is 2. The Labute approximate surface area is 130 Å². The van der Waals surface area contributed by atoms with Gasteiger partial charge < -0.3 is 15.3 Å². The van der Waals surface area contributed by atoms with Gasteiger partial charge in [-0.25, -0.2) is 0 Å². The average molecular weight is 305 g/mol. The van der Waals surface area contributed by atoms with Crippen molar-refractivity contribution in [3.05, 3.63) is 30.1 Å². The number of hydrogen-bond acceptors (Lipinski definition) is 4. The zero-order valence-corrected chi connectivity index (χ0v) is 12.7. The molecule has 120 valence electrons. The Morgan fingerprint density at radius 1 is 1.45 bits per heavy atom. The van der Waals surface area contributed by atoms with Crippen LogP contribution in [0.3, 0.4) is 0 Å². The first-order chi connectivity index (χ1) is 10.7. The molecule has 2 N–H and O–H groups in total. The van der Waals surface area contributed by atoms with Gasteiger partial charge in [0.25, 0.3) is 0 Å². The summed E-state index contributed by atoms with van der Waals surface area (Å²) < 4.78 is 0. The van der Waals surface area contributed by atoms with E-state index in [1.807, 2.05) is 12.1 Å². The second kappa shape index (κ2) is 8.48. The lowest BCUT2D eigenvalue weighted by molar-refractivity contribution is -0.137. The van der Waals surface area contributed by atoms with Crippen molar-refractivity contribution in [2.75, 3.05) is 19.7 Å². The fourth-order valence-electron chi connectivity index (χ4n) is 2.66. The van der Waals surface area contributed by atoms with Crippen LogP contribution in [-0.4, -0.2) is 46.5 Å². The molecular formula is C16H23N3O3. The topological polar surface area (TPSA) is 82.5 Å². The molecule has 0 aliphatic carbocycles. The number of pyridine rings is 1. The summed E-state index contributed by atoms with van der Waals surface area (Å²) in [7, 11) is 0. The molecule has 1 aromatic rings. The molecule has 2 amide bonds. The highest BCUT2D eigenvalue weighted by Crippen LogP contribution is 2.18. The van der Waals surface area contributed by atoms with Gasteiger partial charge in [-0.15, -0.1) is 0 Å². The van der Waals surface area contributed by atoms with Crippen LogP contribution in [0.25, 0.3) is 0 Å². The van der Waals surface area contributed by atoms with E-state index in [0.717, 1.165) is 24.8 Å². The maximum absolute atomic E-state index is 12.5. The van der Waals surface area contributed by atoms with E-state index in [1.165, 1.54) is 0 Å². The van der Waals surface area contributed by atoms with Gasteiger partial charge >= 0.3 is 0 Å². The van der Waals surface area contributed by atoms with Crippen molar-refractivity contribution in [2.45, 2.75) is 32.2 Å². The maximum Gasteiger partial charge on any atom is 0.223 e. The molecule has 0 spiro atoms. The SMILES string of the molecule is O=C1NCCCCC1CC(=O)N(CCO)Cc1cccnc1. The number of carbonyl (C=O) groups excluding carboxylic acids is 2. The summed E-state index contributed by atoms with van der Waals surface area (Å²) in [5, 5.41) is 12.0. The van der Waals surface area contributed by atoms with Crippen molar-refractivity contribution in [3.63, 3.8) is 0 Å². The molecule has 1 fully saturated rings. The third-order valence-electron chi connectivity index (χ3n) is 3.89. The number of carbonyl (C=O) groups is 2. The minimum absolute atomic E-state index is 0.0313. The Morgan fingerprint density at radius 2 is 2.32 bits per heavy atom. The Hall–Kier alpha value is -1.95. The van der Waals surface area contributed by atoms with E-state index >= 15 is 0 Å². The molecule has 1 atom stereocenters. The third kappa shape index (κ3) is 4.80.